The molecule has 0 amide bonds. The minimum atomic E-state index is 0.334. The molecular formula is C10H16N2. The summed E-state index contributed by atoms with van der Waals surface area (Å²) in [5.41, 5.74) is 0.368. The predicted molar refractivity (Wildman–Crippen MR) is 47.5 cm³/mol. The fourth-order valence-corrected chi connectivity index (χ4v) is 2.82. The average Bonchev–Trinajstić information content (AvgIpc) is 2.55. The molecule has 0 aromatic carbocycles. The molecule has 1 saturated carbocycles. The lowest BCUT2D eigenvalue weighted by Gasteiger charge is -2.38. The van der Waals surface area contributed by atoms with Crippen LogP contribution >= 0.6 is 0 Å². The Balaban J connectivity index is 2.14. The first-order chi connectivity index (χ1) is 5.87. The Kier molecular flexibility index (Phi) is 2.06. The molecule has 1 aliphatic heterocycles. The fourth-order valence-electron chi connectivity index (χ4n) is 2.82. The van der Waals surface area contributed by atoms with Gasteiger partial charge in [0, 0.05) is 6.54 Å². The van der Waals surface area contributed by atoms with Crippen LogP contribution in [0.25, 0.3) is 0 Å². The van der Waals surface area contributed by atoms with E-state index in [4.69, 9.17) is 5.26 Å². The van der Waals surface area contributed by atoms with Crippen LogP contribution in [-0.4, -0.2) is 13.1 Å². The van der Waals surface area contributed by atoms with E-state index in [0.29, 0.717) is 11.3 Å². The molecule has 2 heteroatoms. The first-order valence-electron chi connectivity index (χ1n) is 4.98. The maximum absolute atomic E-state index is 9.04. The summed E-state index contributed by atoms with van der Waals surface area (Å²) in [6.45, 7) is 2.13. The van der Waals surface area contributed by atoms with Crippen LogP contribution in [0.4, 0.5) is 0 Å². The molecule has 12 heavy (non-hydrogen) atoms. The van der Waals surface area contributed by atoms with Crippen molar-refractivity contribution < 1.29 is 0 Å². The highest BCUT2D eigenvalue weighted by Gasteiger charge is 2.42. The van der Waals surface area contributed by atoms with Crippen molar-refractivity contribution in [3.05, 3.63) is 0 Å². The number of hydrogen-bond donors (Lipinski definition) is 1. The van der Waals surface area contributed by atoms with E-state index in [1.54, 1.807) is 0 Å². The molecule has 2 aliphatic rings. The van der Waals surface area contributed by atoms with Crippen LogP contribution in [0.3, 0.4) is 0 Å². The van der Waals surface area contributed by atoms with E-state index in [1.165, 1.54) is 25.7 Å². The molecule has 0 aromatic rings. The van der Waals surface area contributed by atoms with Gasteiger partial charge < -0.3 is 5.32 Å². The first kappa shape index (κ1) is 8.07. The Morgan fingerprint density at radius 3 is 2.75 bits per heavy atom. The van der Waals surface area contributed by atoms with Crippen molar-refractivity contribution >= 4 is 0 Å². The van der Waals surface area contributed by atoms with Gasteiger partial charge in [-0.1, -0.05) is 12.8 Å². The van der Waals surface area contributed by atoms with E-state index in [-0.39, 0.29) is 0 Å². The fraction of sp³-hybridized carbons (Fsp3) is 0.900. The number of hydrogen-bond acceptors (Lipinski definition) is 2. The number of nitriles is 1. The highest BCUT2D eigenvalue weighted by molar-refractivity contribution is 5.03. The quantitative estimate of drug-likeness (QED) is 0.591. The lowest BCUT2D eigenvalue weighted by atomic mass is 9.71. The van der Waals surface area contributed by atoms with Crippen molar-refractivity contribution in [1.82, 2.24) is 5.32 Å². The van der Waals surface area contributed by atoms with Crippen LogP contribution in [0.15, 0.2) is 0 Å². The molecule has 1 unspecified atom stereocenters. The summed E-state index contributed by atoms with van der Waals surface area (Å²) in [4.78, 5) is 0. The summed E-state index contributed by atoms with van der Waals surface area (Å²) in [6, 6.07) is 2.50. The van der Waals surface area contributed by atoms with Gasteiger partial charge in [-0.25, -0.2) is 0 Å². The molecule has 1 N–H and O–H groups in total. The highest BCUT2D eigenvalue weighted by atomic mass is 14.9. The van der Waals surface area contributed by atoms with Crippen LogP contribution in [0, 0.1) is 22.7 Å². The number of nitrogens with zero attached hydrogens (tertiary/aromatic N) is 1. The Morgan fingerprint density at radius 2 is 2.08 bits per heavy atom. The Hall–Kier alpha value is -0.550. The minimum Gasteiger partial charge on any atom is -0.316 e. The zero-order valence-electron chi connectivity index (χ0n) is 7.47. The molecule has 66 valence electrons. The van der Waals surface area contributed by atoms with Crippen LogP contribution in [-0.2, 0) is 0 Å². The van der Waals surface area contributed by atoms with Gasteiger partial charge >= 0.3 is 0 Å². The second-order valence-corrected chi connectivity index (χ2v) is 4.22. The molecule has 2 fully saturated rings. The normalized spacial score (nSPS) is 33.4. The van der Waals surface area contributed by atoms with Gasteiger partial charge in [-0.05, 0) is 31.2 Å². The van der Waals surface area contributed by atoms with Crippen molar-refractivity contribution in [2.24, 2.45) is 11.3 Å². The molecule has 1 heterocycles. The van der Waals surface area contributed by atoms with Crippen LogP contribution < -0.4 is 5.32 Å². The molecule has 1 atom stereocenters. The molecular weight excluding hydrogens is 148 g/mol. The molecule has 1 aliphatic carbocycles. The van der Waals surface area contributed by atoms with Gasteiger partial charge in [0.25, 0.3) is 0 Å². The molecule has 2 nitrogen and oxygen atoms in total. The number of piperidine rings is 1. The van der Waals surface area contributed by atoms with Crippen LogP contribution in [0.5, 0.6) is 0 Å². The standard InChI is InChI=1S/C10H16N2/c11-7-9-3-6-12-8-10(9)4-1-2-5-10/h9,12H,1-6,8H2. The van der Waals surface area contributed by atoms with Crippen LogP contribution in [0.2, 0.25) is 0 Å². The Morgan fingerprint density at radius 1 is 1.33 bits per heavy atom. The second-order valence-electron chi connectivity index (χ2n) is 4.22. The molecule has 1 spiro atoms. The smallest absolute Gasteiger partial charge is 0.0662 e. The Bertz CT molecular complexity index is 198. The summed E-state index contributed by atoms with van der Waals surface area (Å²) in [6.07, 6.45) is 6.28. The van der Waals surface area contributed by atoms with Gasteiger partial charge in [0.05, 0.1) is 12.0 Å². The van der Waals surface area contributed by atoms with Gasteiger partial charge in [-0.15, -0.1) is 0 Å². The summed E-state index contributed by atoms with van der Waals surface area (Å²) in [5, 5.41) is 12.5. The SMILES string of the molecule is N#CC1CCNCC12CCCC2. The monoisotopic (exact) mass is 164 g/mol. The largest absolute Gasteiger partial charge is 0.316 e. The average molecular weight is 164 g/mol. The second kappa shape index (κ2) is 3.06. The van der Waals surface area contributed by atoms with E-state index < -0.39 is 0 Å². The third-order valence-electron chi connectivity index (χ3n) is 3.58. The predicted octanol–water partition coefficient (Wildman–Crippen LogP) is 1.68. The molecule has 1 saturated heterocycles. The number of nitrogens with one attached hydrogen (secondary N) is 1. The molecule has 0 radical (unpaired) electrons. The third-order valence-corrected chi connectivity index (χ3v) is 3.58. The molecule has 2 rings (SSSR count). The van der Waals surface area contributed by atoms with Crippen molar-refractivity contribution in [2.45, 2.75) is 32.1 Å². The number of rotatable bonds is 0. The van der Waals surface area contributed by atoms with Gasteiger partial charge in [0.15, 0.2) is 0 Å². The van der Waals surface area contributed by atoms with E-state index in [9.17, 15) is 0 Å². The molecule has 0 aromatic heterocycles. The van der Waals surface area contributed by atoms with E-state index in [0.717, 1.165) is 19.5 Å². The van der Waals surface area contributed by atoms with Crippen molar-refractivity contribution in [1.29, 1.82) is 5.26 Å². The highest BCUT2D eigenvalue weighted by Crippen LogP contribution is 2.46. The molecule has 0 bridgehead atoms. The Labute approximate surface area is 74.0 Å². The summed E-state index contributed by atoms with van der Waals surface area (Å²) >= 11 is 0. The van der Waals surface area contributed by atoms with Gasteiger partial charge in [-0.3, -0.25) is 0 Å². The maximum atomic E-state index is 9.04. The zero-order chi connectivity index (χ0) is 8.44. The topological polar surface area (TPSA) is 35.8 Å². The van der Waals surface area contributed by atoms with Gasteiger partial charge in [-0.2, -0.15) is 5.26 Å². The summed E-state index contributed by atoms with van der Waals surface area (Å²) in [5.74, 6) is 0.334. The van der Waals surface area contributed by atoms with Gasteiger partial charge in [0.1, 0.15) is 0 Å². The van der Waals surface area contributed by atoms with Gasteiger partial charge in [0.2, 0.25) is 0 Å². The maximum Gasteiger partial charge on any atom is 0.0662 e. The van der Waals surface area contributed by atoms with Crippen molar-refractivity contribution in [3.8, 4) is 6.07 Å². The third kappa shape index (κ3) is 1.13. The van der Waals surface area contributed by atoms with E-state index >= 15 is 0 Å². The van der Waals surface area contributed by atoms with Crippen molar-refractivity contribution in [3.63, 3.8) is 0 Å². The summed E-state index contributed by atoms with van der Waals surface area (Å²) < 4.78 is 0. The van der Waals surface area contributed by atoms with Crippen molar-refractivity contribution in [2.75, 3.05) is 13.1 Å². The van der Waals surface area contributed by atoms with E-state index in [1.807, 2.05) is 0 Å². The lowest BCUT2D eigenvalue weighted by Crippen LogP contribution is -2.44. The lowest BCUT2D eigenvalue weighted by molar-refractivity contribution is 0.160. The zero-order valence-corrected chi connectivity index (χ0v) is 7.47. The first-order valence-corrected chi connectivity index (χ1v) is 4.98. The van der Waals surface area contributed by atoms with Crippen LogP contribution in [0.1, 0.15) is 32.1 Å². The summed E-state index contributed by atoms with van der Waals surface area (Å²) in [7, 11) is 0. The van der Waals surface area contributed by atoms with E-state index in [2.05, 4.69) is 11.4 Å². The minimum absolute atomic E-state index is 0.334.